The molecule has 1 unspecified atom stereocenters. The molecule has 138 valence electrons. The average molecular weight is 361 g/mol. The van der Waals surface area contributed by atoms with E-state index in [0.717, 1.165) is 49.7 Å². The number of imidazole rings is 1. The smallest absolute Gasteiger partial charge is 0.255 e. The van der Waals surface area contributed by atoms with Gasteiger partial charge in [0.15, 0.2) is 0 Å². The second-order valence-corrected chi connectivity index (χ2v) is 7.67. The zero-order chi connectivity index (χ0) is 18.4. The van der Waals surface area contributed by atoms with E-state index in [0.29, 0.717) is 0 Å². The molecule has 3 aromatic rings. The van der Waals surface area contributed by atoms with Gasteiger partial charge in [-0.05, 0) is 25.1 Å². The topological polar surface area (TPSA) is 57.2 Å². The van der Waals surface area contributed by atoms with Crippen molar-refractivity contribution in [3.05, 3.63) is 66.4 Å². The fourth-order valence-corrected chi connectivity index (χ4v) is 4.46. The molecule has 0 saturated carbocycles. The van der Waals surface area contributed by atoms with Gasteiger partial charge < -0.3 is 14.5 Å². The summed E-state index contributed by atoms with van der Waals surface area (Å²) in [5, 5.41) is 0. The van der Waals surface area contributed by atoms with E-state index in [9.17, 15) is 4.79 Å². The molecule has 2 aliphatic rings. The van der Waals surface area contributed by atoms with Crippen LogP contribution in [0.5, 0.6) is 0 Å². The molecule has 0 radical (unpaired) electrons. The van der Waals surface area contributed by atoms with Crippen molar-refractivity contribution in [3.63, 3.8) is 0 Å². The molecule has 6 nitrogen and oxygen atoms in total. The molecule has 4 heterocycles. The summed E-state index contributed by atoms with van der Waals surface area (Å²) in [5.41, 5.74) is 3.05. The number of likely N-dealkylation sites (N-methyl/N-ethyl adjacent to an activating group) is 1. The van der Waals surface area contributed by atoms with Crippen molar-refractivity contribution in [1.29, 1.82) is 0 Å². The van der Waals surface area contributed by atoms with E-state index >= 15 is 0 Å². The van der Waals surface area contributed by atoms with E-state index in [2.05, 4.69) is 50.7 Å². The van der Waals surface area contributed by atoms with E-state index in [1.54, 1.807) is 12.4 Å². The minimum Gasteiger partial charge on any atom is -0.367 e. The third-order valence-corrected chi connectivity index (χ3v) is 6.11. The average Bonchev–Trinajstić information content (AvgIpc) is 3.43. The molecule has 27 heavy (non-hydrogen) atoms. The first kappa shape index (κ1) is 16.3. The molecule has 2 aliphatic heterocycles. The van der Waals surface area contributed by atoms with Gasteiger partial charge in [0.2, 0.25) is 0 Å². The van der Waals surface area contributed by atoms with Crippen LogP contribution in [0.1, 0.15) is 22.6 Å². The van der Waals surface area contributed by atoms with Gasteiger partial charge >= 0.3 is 0 Å². The van der Waals surface area contributed by atoms with Crippen LogP contribution in [-0.4, -0.2) is 55.9 Å². The number of nitrogens with zero attached hydrogens (tertiary/aromatic N) is 4. The molecular formula is C21H23N5O. The molecule has 1 fully saturated rings. The highest BCUT2D eigenvalue weighted by Gasteiger charge is 2.46. The standard InChI is InChI=1S/C21H23N5O/c1-24-13-19-23-12-18(16-5-3-2-4-6-16)26(19)15-21(24)8-10-25(14-21)20(27)17-7-9-22-11-17/h2-7,9,11-12,22H,8,10,13-15H2,1H3. The van der Waals surface area contributed by atoms with Crippen molar-refractivity contribution >= 4 is 5.91 Å². The van der Waals surface area contributed by atoms with Crippen molar-refractivity contribution in [3.8, 4) is 11.3 Å². The highest BCUT2D eigenvalue weighted by atomic mass is 16.2. The second-order valence-electron chi connectivity index (χ2n) is 7.67. The van der Waals surface area contributed by atoms with Crippen molar-refractivity contribution in [2.24, 2.45) is 0 Å². The lowest BCUT2D eigenvalue weighted by Crippen LogP contribution is -2.55. The first-order valence-corrected chi connectivity index (χ1v) is 9.39. The summed E-state index contributed by atoms with van der Waals surface area (Å²) in [6.07, 6.45) is 6.54. The fraction of sp³-hybridized carbons (Fsp3) is 0.333. The van der Waals surface area contributed by atoms with Gasteiger partial charge in [-0.15, -0.1) is 0 Å². The number of fused-ring (bicyclic) bond motifs is 1. The molecule has 5 rings (SSSR count). The number of aromatic nitrogens is 3. The molecule has 1 N–H and O–H groups in total. The Morgan fingerprint density at radius 1 is 1.19 bits per heavy atom. The Morgan fingerprint density at radius 2 is 2.04 bits per heavy atom. The molecule has 1 amide bonds. The third-order valence-electron chi connectivity index (χ3n) is 6.11. The monoisotopic (exact) mass is 361 g/mol. The Balaban J connectivity index is 1.45. The molecule has 6 heteroatoms. The van der Waals surface area contributed by atoms with Crippen molar-refractivity contribution in [2.75, 3.05) is 20.1 Å². The summed E-state index contributed by atoms with van der Waals surface area (Å²) in [7, 11) is 2.16. The summed E-state index contributed by atoms with van der Waals surface area (Å²) >= 11 is 0. The minimum atomic E-state index is -0.0385. The Kier molecular flexibility index (Phi) is 3.68. The molecule has 1 aromatic carbocycles. The van der Waals surface area contributed by atoms with Gasteiger partial charge in [0.1, 0.15) is 5.82 Å². The van der Waals surface area contributed by atoms with Gasteiger partial charge in [0, 0.05) is 32.0 Å². The second kappa shape index (κ2) is 6.09. The highest BCUT2D eigenvalue weighted by Crippen LogP contribution is 2.36. The highest BCUT2D eigenvalue weighted by molar-refractivity contribution is 5.94. The van der Waals surface area contributed by atoms with Crippen molar-refractivity contribution < 1.29 is 4.79 Å². The van der Waals surface area contributed by atoms with E-state index in [1.165, 1.54) is 5.56 Å². The maximum absolute atomic E-state index is 12.8. The summed E-state index contributed by atoms with van der Waals surface area (Å²) in [6.45, 7) is 3.21. The molecule has 1 saturated heterocycles. The van der Waals surface area contributed by atoms with E-state index in [1.807, 2.05) is 23.2 Å². The van der Waals surface area contributed by atoms with Crippen LogP contribution in [0.3, 0.4) is 0 Å². The van der Waals surface area contributed by atoms with Gasteiger partial charge in [0.05, 0.1) is 29.5 Å². The first-order valence-electron chi connectivity index (χ1n) is 9.39. The molecule has 0 aliphatic carbocycles. The number of rotatable bonds is 2. The third kappa shape index (κ3) is 2.59. The Bertz CT molecular complexity index is 962. The van der Waals surface area contributed by atoms with Crippen LogP contribution in [0.2, 0.25) is 0 Å². The summed E-state index contributed by atoms with van der Waals surface area (Å²) < 4.78 is 2.35. The molecule has 0 bridgehead atoms. The predicted molar refractivity (Wildman–Crippen MR) is 103 cm³/mol. The maximum Gasteiger partial charge on any atom is 0.255 e. The van der Waals surface area contributed by atoms with Gasteiger partial charge in [0.25, 0.3) is 5.91 Å². The lowest BCUT2D eigenvalue weighted by atomic mass is 9.94. The van der Waals surface area contributed by atoms with Crippen molar-refractivity contribution in [1.82, 2.24) is 24.3 Å². The number of carbonyl (C=O) groups is 1. The van der Waals surface area contributed by atoms with Crippen LogP contribution >= 0.6 is 0 Å². The number of hydrogen-bond acceptors (Lipinski definition) is 3. The normalized spacial score (nSPS) is 22.3. The molecule has 1 atom stereocenters. The zero-order valence-electron chi connectivity index (χ0n) is 15.4. The Morgan fingerprint density at radius 3 is 2.81 bits per heavy atom. The number of H-pyrrole nitrogens is 1. The van der Waals surface area contributed by atoms with Crippen molar-refractivity contribution in [2.45, 2.75) is 25.0 Å². The maximum atomic E-state index is 12.8. The summed E-state index contributed by atoms with van der Waals surface area (Å²) in [6, 6.07) is 12.3. The van der Waals surface area contributed by atoms with Crippen LogP contribution in [-0.2, 0) is 13.1 Å². The van der Waals surface area contributed by atoms with E-state index in [-0.39, 0.29) is 11.4 Å². The Hall–Kier alpha value is -2.86. The lowest BCUT2D eigenvalue weighted by molar-refractivity contribution is 0.0587. The first-order chi connectivity index (χ1) is 13.2. The lowest BCUT2D eigenvalue weighted by Gasteiger charge is -2.43. The minimum absolute atomic E-state index is 0.0385. The van der Waals surface area contributed by atoms with Crippen LogP contribution < -0.4 is 0 Å². The van der Waals surface area contributed by atoms with Gasteiger partial charge in [-0.2, -0.15) is 0 Å². The zero-order valence-corrected chi connectivity index (χ0v) is 15.4. The number of nitrogens with one attached hydrogen (secondary N) is 1. The molecule has 1 spiro atoms. The van der Waals surface area contributed by atoms with Gasteiger partial charge in [-0.1, -0.05) is 30.3 Å². The molecular weight excluding hydrogens is 338 g/mol. The summed E-state index contributed by atoms with van der Waals surface area (Å²) in [4.78, 5) is 24.8. The predicted octanol–water partition coefficient (Wildman–Crippen LogP) is 2.61. The number of aromatic amines is 1. The quantitative estimate of drug-likeness (QED) is 0.763. The van der Waals surface area contributed by atoms with Crippen LogP contribution in [0, 0.1) is 0 Å². The van der Waals surface area contributed by atoms with Crippen LogP contribution in [0.4, 0.5) is 0 Å². The SMILES string of the molecule is CN1Cc2ncc(-c3ccccc3)n2CC12CCN(C(=O)c1cc[nH]c1)C2. The van der Waals surface area contributed by atoms with E-state index in [4.69, 9.17) is 0 Å². The fourth-order valence-electron chi connectivity index (χ4n) is 4.46. The van der Waals surface area contributed by atoms with E-state index < -0.39 is 0 Å². The molecule has 2 aromatic heterocycles. The number of benzene rings is 1. The number of carbonyl (C=O) groups excluding carboxylic acids is 1. The summed E-state index contributed by atoms with van der Waals surface area (Å²) in [5.74, 6) is 1.21. The number of amides is 1. The largest absolute Gasteiger partial charge is 0.367 e. The van der Waals surface area contributed by atoms with Crippen LogP contribution in [0.15, 0.2) is 55.0 Å². The van der Waals surface area contributed by atoms with Gasteiger partial charge in [-0.25, -0.2) is 4.98 Å². The number of likely N-dealkylation sites (tertiary alicyclic amines) is 1. The van der Waals surface area contributed by atoms with Gasteiger partial charge in [-0.3, -0.25) is 9.69 Å². The Labute approximate surface area is 158 Å². The number of hydrogen-bond donors (Lipinski definition) is 1. The van der Waals surface area contributed by atoms with Crippen LogP contribution in [0.25, 0.3) is 11.3 Å².